The van der Waals surface area contributed by atoms with E-state index in [1.54, 1.807) is 0 Å². The highest BCUT2D eigenvalue weighted by atomic mass is 15.1. The van der Waals surface area contributed by atoms with Gasteiger partial charge in [0, 0.05) is 50.2 Å². The highest BCUT2D eigenvalue weighted by Crippen LogP contribution is 2.55. The van der Waals surface area contributed by atoms with Gasteiger partial charge >= 0.3 is 0 Å². The monoisotopic (exact) mass is 820 g/mol. The van der Waals surface area contributed by atoms with Crippen molar-refractivity contribution < 1.29 is 0 Å². The number of hydrogen-bond acceptors (Lipinski definition) is 1. The molecule has 12 rings (SSSR count). The van der Waals surface area contributed by atoms with Crippen LogP contribution in [0.3, 0.4) is 0 Å². The average molecular weight is 821 g/mol. The number of hydrogen-bond donors (Lipinski definition) is 0. The predicted molar refractivity (Wildman–Crippen MR) is 269 cm³/mol. The molecule has 1 heterocycles. The summed E-state index contributed by atoms with van der Waals surface area (Å²) >= 11 is 0. The molecule has 0 aliphatic heterocycles. The van der Waals surface area contributed by atoms with Crippen LogP contribution in [0.15, 0.2) is 218 Å². The van der Waals surface area contributed by atoms with Crippen LogP contribution in [-0.4, -0.2) is 4.57 Å². The molecule has 0 saturated carbocycles. The lowest BCUT2D eigenvalue weighted by Gasteiger charge is -2.28. The molecular formula is C62H48N2. The van der Waals surface area contributed by atoms with Gasteiger partial charge in [0.15, 0.2) is 0 Å². The Morgan fingerprint density at radius 2 is 0.828 bits per heavy atom. The molecule has 0 amide bonds. The third-order valence-electron chi connectivity index (χ3n) is 14.2. The van der Waals surface area contributed by atoms with Gasteiger partial charge in [-0.1, -0.05) is 185 Å². The van der Waals surface area contributed by atoms with Crippen molar-refractivity contribution in [3.05, 3.63) is 241 Å². The first-order valence-electron chi connectivity index (χ1n) is 22.5. The van der Waals surface area contributed by atoms with Crippen molar-refractivity contribution in [1.29, 1.82) is 0 Å². The van der Waals surface area contributed by atoms with Gasteiger partial charge < -0.3 is 9.47 Å². The number of anilines is 3. The van der Waals surface area contributed by atoms with E-state index in [2.05, 4.69) is 256 Å². The Labute approximate surface area is 376 Å². The van der Waals surface area contributed by atoms with Crippen LogP contribution in [0.2, 0.25) is 0 Å². The van der Waals surface area contributed by atoms with E-state index in [0.717, 1.165) is 17.1 Å². The molecule has 0 spiro atoms. The number of rotatable bonds is 7. The van der Waals surface area contributed by atoms with Crippen LogP contribution in [-0.2, 0) is 10.8 Å². The predicted octanol–water partition coefficient (Wildman–Crippen LogP) is 16.7. The van der Waals surface area contributed by atoms with Gasteiger partial charge in [-0.15, -0.1) is 0 Å². The number of para-hydroxylation sites is 2. The summed E-state index contributed by atoms with van der Waals surface area (Å²) < 4.78 is 2.48. The van der Waals surface area contributed by atoms with Gasteiger partial charge in [-0.25, -0.2) is 0 Å². The Balaban J connectivity index is 0.884. The molecular weight excluding hydrogens is 773 g/mol. The second-order valence-electron chi connectivity index (χ2n) is 18.6. The fourth-order valence-electron chi connectivity index (χ4n) is 10.9. The van der Waals surface area contributed by atoms with Gasteiger partial charge in [-0.05, 0) is 127 Å². The highest BCUT2D eigenvalue weighted by Gasteiger charge is 2.41. The normalized spacial score (nSPS) is 13.9. The molecule has 2 heteroatoms. The molecule has 0 fully saturated rings. The summed E-state index contributed by atoms with van der Waals surface area (Å²) in [6, 6.07) is 80.5. The molecule has 10 aromatic rings. The molecule has 2 aliphatic carbocycles. The van der Waals surface area contributed by atoms with Crippen molar-refractivity contribution >= 4 is 28.0 Å². The summed E-state index contributed by atoms with van der Waals surface area (Å²) in [5, 5.41) is 1.30. The highest BCUT2D eigenvalue weighted by molar-refractivity contribution is 6.04. The molecule has 306 valence electrons. The van der Waals surface area contributed by atoms with Crippen molar-refractivity contribution in [2.24, 2.45) is 0 Å². The van der Waals surface area contributed by atoms with E-state index in [4.69, 9.17) is 0 Å². The van der Waals surface area contributed by atoms with Crippen LogP contribution in [0.5, 0.6) is 0 Å². The fraction of sp³-hybridized carbons (Fsp3) is 0.0968. The molecule has 2 nitrogen and oxygen atoms in total. The van der Waals surface area contributed by atoms with Crippen LogP contribution >= 0.6 is 0 Å². The third kappa shape index (κ3) is 5.86. The van der Waals surface area contributed by atoms with Crippen LogP contribution in [0, 0.1) is 0 Å². The van der Waals surface area contributed by atoms with Gasteiger partial charge in [0.2, 0.25) is 0 Å². The van der Waals surface area contributed by atoms with E-state index in [-0.39, 0.29) is 10.8 Å². The van der Waals surface area contributed by atoms with Gasteiger partial charge in [0.1, 0.15) is 0 Å². The van der Waals surface area contributed by atoms with E-state index in [1.807, 2.05) is 0 Å². The first kappa shape index (κ1) is 38.0. The molecule has 64 heavy (non-hydrogen) atoms. The summed E-state index contributed by atoms with van der Waals surface area (Å²) in [4.78, 5) is 2.40. The zero-order valence-corrected chi connectivity index (χ0v) is 36.7. The van der Waals surface area contributed by atoms with E-state index in [9.17, 15) is 0 Å². The molecule has 0 atom stereocenters. The zero-order valence-electron chi connectivity index (χ0n) is 36.7. The van der Waals surface area contributed by atoms with Gasteiger partial charge in [-0.2, -0.15) is 0 Å². The van der Waals surface area contributed by atoms with Crippen molar-refractivity contribution in [2.45, 2.75) is 38.5 Å². The van der Waals surface area contributed by atoms with Gasteiger partial charge in [-0.3, -0.25) is 0 Å². The molecule has 0 unspecified atom stereocenters. The van der Waals surface area contributed by atoms with E-state index < -0.39 is 0 Å². The summed E-state index contributed by atoms with van der Waals surface area (Å²) in [5.41, 5.74) is 23.7. The topological polar surface area (TPSA) is 8.17 Å². The van der Waals surface area contributed by atoms with E-state index >= 15 is 0 Å². The maximum Gasteiger partial charge on any atom is 0.0538 e. The number of benzene rings is 9. The Hall–Kier alpha value is -7.68. The summed E-state index contributed by atoms with van der Waals surface area (Å²) in [6.07, 6.45) is 0. The number of nitrogens with zero attached hydrogens (tertiary/aromatic N) is 2. The largest absolute Gasteiger partial charge is 0.312 e. The zero-order chi connectivity index (χ0) is 43.2. The minimum atomic E-state index is -0.155. The molecule has 0 bridgehead atoms. The SMILES string of the molecule is CC1(C)c2ccccc2-c2ccc(N(c3ccc(-c4ccccc4)cc3)c3ccc(-c4ccc(-c5ccc6c(c5)-c5c(n(-c7ccccc7)c7ccccc57)C6(C)C)cc4)cc3)cc21. The standard InChI is InChI=1S/C62H48N2/c1-61(2)55-21-13-11-19-51(55)52-37-36-50(40-57(52)61)63(48-32-27-43(28-33-48)41-15-7-5-8-16-41)49-34-29-44(30-35-49)42-23-25-45(26-24-42)46-31-38-56-54(39-46)59-53-20-12-14-22-58(53)64(60(59)62(56,3)4)47-17-9-6-10-18-47/h5-40H,1-4H3. The van der Waals surface area contributed by atoms with Gasteiger partial charge in [0.25, 0.3) is 0 Å². The summed E-state index contributed by atoms with van der Waals surface area (Å²) in [6.45, 7) is 9.46. The van der Waals surface area contributed by atoms with Crippen molar-refractivity contribution in [3.8, 4) is 61.3 Å². The minimum absolute atomic E-state index is 0.0943. The Morgan fingerprint density at radius 3 is 1.50 bits per heavy atom. The maximum absolute atomic E-state index is 2.48. The smallest absolute Gasteiger partial charge is 0.0538 e. The lowest BCUT2D eigenvalue weighted by molar-refractivity contribution is 0.624. The molecule has 2 aliphatic rings. The Morgan fingerprint density at radius 1 is 0.344 bits per heavy atom. The molecule has 0 radical (unpaired) electrons. The van der Waals surface area contributed by atoms with E-state index in [1.165, 1.54) is 94.6 Å². The Bertz CT molecular complexity index is 3390. The second-order valence-corrected chi connectivity index (χ2v) is 18.6. The molecule has 1 aromatic heterocycles. The van der Waals surface area contributed by atoms with Crippen molar-refractivity contribution in [2.75, 3.05) is 4.90 Å². The lowest BCUT2D eigenvalue weighted by Crippen LogP contribution is -2.19. The average Bonchev–Trinajstić information content (AvgIpc) is 3.90. The lowest BCUT2D eigenvalue weighted by atomic mass is 9.82. The molecule has 0 saturated heterocycles. The second kappa shape index (κ2) is 14.4. The van der Waals surface area contributed by atoms with Crippen LogP contribution in [0.1, 0.15) is 50.1 Å². The maximum atomic E-state index is 2.48. The van der Waals surface area contributed by atoms with Gasteiger partial charge in [0.05, 0.1) is 5.52 Å². The Kier molecular flexibility index (Phi) is 8.58. The number of fused-ring (bicyclic) bond motifs is 8. The van der Waals surface area contributed by atoms with Crippen molar-refractivity contribution in [3.63, 3.8) is 0 Å². The quantitative estimate of drug-likeness (QED) is 0.155. The van der Waals surface area contributed by atoms with E-state index in [0.29, 0.717) is 0 Å². The first-order valence-corrected chi connectivity index (χ1v) is 22.5. The fourth-order valence-corrected chi connectivity index (χ4v) is 10.9. The third-order valence-corrected chi connectivity index (χ3v) is 14.2. The number of aromatic nitrogens is 1. The summed E-state index contributed by atoms with van der Waals surface area (Å²) in [5.74, 6) is 0. The molecule has 9 aromatic carbocycles. The van der Waals surface area contributed by atoms with Crippen molar-refractivity contribution in [1.82, 2.24) is 4.57 Å². The van der Waals surface area contributed by atoms with Crippen LogP contribution in [0.25, 0.3) is 72.2 Å². The van der Waals surface area contributed by atoms with Crippen LogP contribution in [0.4, 0.5) is 17.1 Å². The molecule has 0 N–H and O–H groups in total. The summed E-state index contributed by atoms with van der Waals surface area (Å²) in [7, 11) is 0. The first-order chi connectivity index (χ1) is 31.3. The minimum Gasteiger partial charge on any atom is -0.312 e. The van der Waals surface area contributed by atoms with Crippen LogP contribution < -0.4 is 4.90 Å².